The van der Waals surface area contributed by atoms with E-state index in [1.54, 1.807) is 7.11 Å². The second-order valence-electron chi connectivity index (χ2n) is 5.57. The van der Waals surface area contributed by atoms with Crippen molar-refractivity contribution >= 4 is 11.3 Å². The third-order valence-electron chi connectivity index (χ3n) is 4.15. The maximum atomic E-state index is 6.23. The van der Waals surface area contributed by atoms with E-state index in [9.17, 15) is 0 Å². The lowest BCUT2D eigenvalue weighted by atomic mass is 9.99. The number of rotatable bonds is 3. The average molecular weight is 315 g/mol. The second kappa shape index (κ2) is 5.74. The van der Waals surface area contributed by atoms with E-state index in [-0.39, 0.29) is 0 Å². The molecule has 4 nitrogen and oxygen atoms in total. The van der Waals surface area contributed by atoms with Gasteiger partial charge in [0.15, 0.2) is 5.82 Å². The third-order valence-corrected chi connectivity index (χ3v) is 4.15. The smallest absolute Gasteiger partial charge is 0.154 e. The summed E-state index contributed by atoms with van der Waals surface area (Å²) in [6, 6.07) is 22.2. The van der Waals surface area contributed by atoms with Crippen LogP contribution in [0.15, 0.2) is 72.9 Å². The van der Waals surface area contributed by atoms with Crippen LogP contribution < -0.4 is 10.5 Å². The number of nitrogen functional groups attached to an aromatic ring is 1. The zero-order valence-corrected chi connectivity index (χ0v) is 13.3. The fraction of sp³-hybridized carbons (Fsp3) is 0.0500. The van der Waals surface area contributed by atoms with E-state index in [0.29, 0.717) is 5.82 Å². The van der Waals surface area contributed by atoms with Crippen molar-refractivity contribution in [2.75, 3.05) is 12.8 Å². The van der Waals surface area contributed by atoms with Crippen LogP contribution in [0, 0.1) is 0 Å². The number of benzene rings is 2. The van der Waals surface area contributed by atoms with Gasteiger partial charge in [-0.2, -0.15) is 0 Å². The lowest BCUT2D eigenvalue weighted by Gasteiger charge is -2.08. The first kappa shape index (κ1) is 14.3. The molecule has 0 fully saturated rings. The van der Waals surface area contributed by atoms with Gasteiger partial charge in [0.1, 0.15) is 5.75 Å². The van der Waals surface area contributed by atoms with Gasteiger partial charge in [-0.05, 0) is 29.3 Å². The lowest BCUT2D eigenvalue weighted by molar-refractivity contribution is 0.415. The van der Waals surface area contributed by atoms with Gasteiger partial charge < -0.3 is 10.5 Å². The Morgan fingerprint density at radius 3 is 2.33 bits per heavy atom. The molecule has 0 aliphatic rings. The zero-order chi connectivity index (χ0) is 16.5. The molecular weight excluding hydrogens is 298 g/mol. The van der Waals surface area contributed by atoms with Gasteiger partial charge in [-0.15, -0.1) is 5.10 Å². The van der Waals surface area contributed by atoms with Gasteiger partial charge in [0, 0.05) is 11.8 Å². The molecule has 2 N–H and O–H groups in total. The minimum atomic E-state index is 0.530. The van der Waals surface area contributed by atoms with Crippen LogP contribution in [0.1, 0.15) is 0 Å². The molecule has 0 aliphatic heterocycles. The molecule has 0 saturated carbocycles. The van der Waals surface area contributed by atoms with Gasteiger partial charge in [-0.25, -0.2) is 4.52 Å². The van der Waals surface area contributed by atoms with Gasteiger partial charge >= 0.3 is 0 Å². The Morgan fingerprint density at radius 2 is 1.62 bits per heavy atom. The third kappa shape index (κ3) is 2.29. The summed E-state index contributed by atoms with van der Waals surface area (Å²) in [6.07, 6.45) is 1.92. The highest BCUT2D eigenvalue weighted by atomic mass is 16.5. The first-order valence-corrected chi connectivity index (χ1v) is 7.74. The number of hydrogen-bond donors (Lipinski definition) is 1. The fourth-order valence-corrected chi connectivity index (χ4v) is 3.01. The van der Waals surface area contributed by atoms with Crippen LogP contribution in [-0.2, 0) is 0 Å². The first-order valence-electron chi connectivity index (χ1n) is 7.74. The molecule has 0 saturated heterocycles. The molecule has 0 aliphatic carbocycles. The van der Waals surface area contributed by atoms with Crippen molar-refractivity contribution in [3.63, 3.8) is 0 Å². The van der Waals surface area contributed by atoms with Crippen LogP contribution in [0.2, 0.25) is 0 Å². The number of methoxy groups -OCH3 is 1. The number of hydrogen-bond acceptors (Lipinski definition) is 3. The molecule has 0 radical (unpaired) electrons. The summed E-state index contributed by atoms with van der Waals surface area (Å²) >= 11 is 0. The van der Waals surface area contributed by atoms with Crippen molar-refractivity contribution in [2.45, 2.75) is 0 Å². The molecule has 24 heavy (non-hydrogen) atoms. The topological polar surface area (TPSA) is 52.5 Å². The minimum absolute atomic E-state index is 0.530. The quantitative estimate of drug-likeness (QED) is 0.614. The average Bonchev–Trinajstić information content (AvgIpc) is 2.98. The van der Waals surface area contributed by atoms with Gasteiger partial charge in [-0.1, -0.05) is 48.5 Å². The van der Waals surface area contributed by atoms with Crippen LogP contribution in [0.3, 0.4) is 0 Å². The summed E-state index contributed by atoms with van der Waals surface area (Å²) in [5.74, 6) is 1.36. The molecule has 2 heterocycles. The predicted molar refractivity (Wildman–Crippen MR) is 97.0 cm³/mol. The Kier molecular flexibility index (Phi) is 3.43. The molecule has 0 atom stereocenters. The molecule has 0 unspecified atom stereocenters. The monoisotopic (exact) mass is 315 g/mol. The summed E-state index contributed by atoms with van der Waals surface area (Å²) < 4.78 is 7.10. The Bertz CT molecular complexity index is 989. The molecule has 2 aromatic carbocycles. The van der Waals surface area contributed by atoms with Crippen LogP contribution in [0.5, 0.6) is 5.75 Å². The predicted octanol–water partition coefficient (Wildman–Crippen LogP) is 4.26. The Morgan fingerprint density at radius 1 is 0.875 bits per heavy atom. The molecule has 4 rings (SSSR count). The molecular formula is C20H17N3O. The number of fused-ring (bicyclic) bond motifs is 1. The summed E-state index contributed by atoms with van der Waals surface area (Å²) in [5, 5.41) is 4.48. The summed E-state index contributed by atoms with van der Waals surface area (Å²) in [7, 11) is 1.67. The van der Waals surface area contributed by atoms with E-state index < -0.39 is 0 Å². The highest BCUT2D eigenvalue weighted by molar-refractivity contribution is 5.97. The van der Waals surface area contributed by atoms with Crippen molar-refractivity contribution in [2.24, 2.45) is 0 Å². The van der Waals surface area contributed by atoms with Crippen LogP contribution in [0.25, 0.3) is 27.8 Å². The van der Waals surface area contributed by atoms with Crippen molar-refractivity contribution < 1.29 is 4.74 Å². The number of aromatic nitrogens is 2. The first-order chi connectivity index (χ1) is 11.8. The SMILES string of the molecule is COc1ccc(-c2cccn3nc(N)c(-c4ccccc4)c23)cc1. The maximum Gasteiger partial charge on any atom is 0.154 e. The van der Waals surface area contributed by atoms with E-state index in [1.807, 2.05) is 59.2 Å². The number of nitrogens with zero attached hydrogens (tertiary/aromatic N) is 2. The normalized spacial score (nSPS) is 10.9. The summed E-state index contributed by atoms with van der Waals surface area (Å²) in [4.78, 5) is 0. The molecule has 0 bridgehead atoms. The molecule has 118 valence electrons. The number of anilines is 1. The highest BCUT2D eigenvalue weighted by Gasteiger charge is 2.16. The van der Waals surface area contributed by atoms with E-state index in [1.165, 1.54) is 0 Å². The van der Waals surface area contributed by atoms with Gasteiger partial charge in [-0.3, -0.25) is 0 Å². The van der Waals surface area contributed by atoms with Gasteiger partial charge in [0.25, 0.3) is 0 Å². The van der Waals surface area contributed by atoms with E-state index in [2.05, 4.69) is 23.3 Å². The second-order valence-corrected chi connectivity index (χ2v) is 5.57. The van der Waals surface area contributed by atoms with Crippen molar-refractivity contribution in [1.29, 1.82) is 0 Å². The van der Waals surface area contributed by atoms with Crippen LogP contribution >= 0.6 is 0 Å². The standard InChI is InChI=1S/C20H17N3O/c1-24-16-11-9-14(10-12-16)17-8-5-13-23-19(17)18(20(21)22-23)15-6-3-2-4-7-15/h2-13H,1H3,(H2,21,22). The molecule has 4 heteroatoms. The molecule has 4 aromatic rings. The summed E-state index contributed by atoms with van der Waals surface area (Å²) in [5.41, 5.74) is 11.4. The molecule has 2 aromatic heterocycles. The van der Waals surface area contributed by atoms with Gasteiger partial charge in [0.2, 0.25) is 0 Å². The maximum absolute atomic E-state index is 6.23. The van der Waals surface area contributed by atoms with Crippen molar-refractivity contribution in [3.05, 3.63) is 72.9 Å². The van der Waals surface area contributed by atoms with E-state index >= 15 is 0 Å². The number of pyridine rings is 1. The summed E-state index contributed by atoms with van der Waals surface area (Å²) in [6.45, 7) is 0. The largest absolute Gasteiger partial charge is 0.497 e. The zero-order valence-electron chi connectivity index (χ0n) is 13.3. The lowest BCUT2D eigenvalue weighted by Crippen LogP contribution is -1.90. The molecule has 0 amide bonds. The Labute approximate surface area is 140 Å². The van der Waals surface area contributed by atoms with Crippen molar-refractivity contribution in [3.8, 4) is 28.0 Å². The molecule has 0 spiro atoms. The van der Waals surface area contributed by atoms with E-state index in [4.69, 9.17) is 10.5 Å². The number of ether oxygens (including phenoxy) is 1. The Balaban J connectivity index is 1.99. The Hall–Kier alpha value is -3.27. The highest BCUT2D eigenvalue weighted by Crippen LogP contribution is 2.36. The fourth-order valence-electron chi connectivity index (χ4n) is 3.01. The van der Waals surface area contributed by atoms with Crippen molar-refractivity contribution in [1.82, 2.24) is 9.61 Å². The number of nitrogens with two attached hydrogens (primary N) is 1. The minimum Gasteiger partial charge on any atom is -0.497 e. The van der Waals surface area contributed by atoms with Gasteiger partial charge in [0.05, 0.1) is 18.2 Å². The van der Waals surface area contributed by atoms with Crippen LogP contribution in [-0.4, -0.2) is 16.7 Å². The van der Waals surface area contributed by atoms with Crippen LogP contribution in [0.4, 0.5) is 5.82 Å². The van der Waals surface area contributed by atoms with E-state index in [0.717, 1.165) is 33.5 Å².